The lowest BCUT2D eigenvalue weighted by Gasteiger charge is -2.39. The van der Waals surface area contributed by atoms with E-state index >= 15 is 0 Å². The zero-order valence-corrected chi connectivity index (χ0v) is 18.0. The number of hydrogen-bond donors (Lipinski definition) is 0. The highest BCUT2D eigenvalue weighted by Gasteiger charge is 2.47. The molecule has 1 fully saturated rings. The molecule has 0 aliphatic carbocycles. The van der Waals surface area contributed by atoms with E-state index in [4.69, 9.17) is 18.9 Å². The molecule has 2 aromatic rings. The molecule has 4 atom stereocenters. The number of ether oxygens (including phenoxy) is 4. The van der Waals surface area contributed by atoms with Crippen molar-refractivity contribution in [1.29, 1.82) is 0 Å². The van der Waals surface area contributed by atoms with Gasteiger partial charge in [0.05, 0.1) is 5.69 Å². The highest BCUT2D eigenvalue weighted by Crippen LogP contribution is 2.34. The first kappa shape index (κ1) is 22.5. The van der Waals surface area contributed by atoms with Crippen LogP contribution >= 0.6 is 11.8 Å². The Kier molecular flexibility index (Phi) is 7.45. The molecular formula is C21H22N2O7S. The van der Waals surface area contributed by atoms with Gasteiger partial charge in [-0.05, 0) is 18.2 Å². The fraction of sp³-hybridized carbons (Fsp3) is 0.381. The quantitative estimate of drug-likeness (QED) is 0.484. The van der Waals surface area contributed by atoms with Gasteiger partial charge in [-0.25, -0.2) is 4.98 Å². The summed E-state index contributed by atoms with van der Waals surface area (Å²) < 4.78 is 22.1. The van der Waals surface area contributed by atoms with Crippen molar-refractivity contribution < 1.29 is 33.3 Å². The van der Waals surface area contributed by atoms with Crippen LogP contribution in [0.4, 0.5) is 0 Å². The van der Waals surface area contributed by atoms with Crippen molar-refractivity contribution >= 4 is 29.7 Å². The summed E-state index contributed by atoms with van der Waals surface area (Å²) in [5.74, 6) is -1.13. The number of esters is 3. The van der Waals surface area contributed by atoms with Gasteiger partial charge in [0.2, 0.25) is 5.88 Å². The third-order valence-electron chi connectivity index (χ3n) is 4.24. The topological polar surface area (TPSA) is 114 Å². The normalized spacial score (nSPS) is 22.8. The maximum atomic E-state index is 11.8. The summed E-state index contributed by atoms with van der Waals surface area (Å²) in [5, 5.41) is 0. The Balaban J connectivity index is 1.86. The Morgan fingerprint density at radius 2 is 1.55 bits per heavy atom. The second-order valence-electron chi connectivity index (χ2n) is 6.71. The number of carbonyl (C=O) groups excluding carboxylic acids is 3. The predicted molar refractivity (Wildman–Crippen MR) is 111 cm³/mol. The van der Waals surface area contributed by atoms with Crippen LogP contribution in [0, 0.1) is 0 Å². The van der Waals surface area contributed by atoms with Gasteiger partial charge in [-0.3, -0.25) is 19.4 Å². The molecule has 1 saturated heterocycles. The summed E-state index contributed by atoms with van der Waals surface area (Å²) >= 11 is 1.27. The fourth-order valence-corrected chi connectivity index (χ4v) is 4.30. The minimum atomic E-state index is -1.01. The largest absolute Gasteiger partial charge is 0.459 e. The number of pyridine rings is 2. The molecular weight excluding hydrogens is 424 g/mol. The van der Waals surface area contributed by atoms with Gasteiger partial charge in [0.25, 0.3) is 0 Å². The molecule has 0 spiro atoms. The second kappa shape index (κ2) is 10.3. The third kappa shape index (κ3) is 6.17. The number of aromatic nitrogens is 2. The summed E-state index contributed by atoms with van der Waals surface area (Å²) in [7, 11) is 0. The molecule has 0 unspecified atom stereocenters. The molecule has 0 radical (unpaired) electrons. The molecule has 3 rings (SSSR count). The molecule has 1 aliphatic heterocycles. The van der Waals surface area contributed by atoms with Crippen LogP contribution in [-0.2, 0) is 28.6 Å². The second-order valence-corrected chi connectivity index (χ2v) is 7.84. The van der Waals surface area contributed by atoms with Gasteiger partial charge in [-0.2, -0.15) is 0 Å². The third-order valence-corrected chi connectivity index (χ3v) is 5.46. The van der Waals surface area contributed by atoms with Crippen LogP contribution in [0.5, 0.6) is 5.88 Å². The van der Waals surface area contributed by atoms with E-state index < -0.39 is 41.7 Å². The Bertz CT molecular complexity index is 940. The van der Waals surface area contributed by atoms with Crippen molar-refractivity contribution in [2.75, 3.05) is 5.75 Å². The van der Waals surface area contributed by atoms with Crippen molar-refractivity contribution in [3.05, 3.63) is 42.7 Å². The lowest BCUT2D eigenvalue weighted by molar-refractivity contribution is -0.186. The van der Waals surface area contributed by atoms with Crippen LogP contribution in [-0.4, -0.2) is 57.4 Å². The molecule has 0 bridgehead atoms. The maximum absolute atomic E-state index is 11.8. The Morgan fingerprint density at radius 1 is 0.903 bits per heavy atom. The SMILES string of the molecule is CC(=O)O[C@@H]1[C@@H](OC(C)=O)[C@H](OC(C)=O)CS[C@H]1Oc1cccc(-c2ccncc2)n1. The fourth-order valence-electron chi connectivity index (χ4n) is 3.09. The number of rotatable bonds is 6. The molecule has 0 saturated carbocycles. The minimum Gasteiger partial charge on any atom is -0.459 e. The van der Waals surface area contributed by atoms with E-state index in [2.05, 4.69) is 9.97 Å². The van der Waals surface area contributed by atoms with E-state index in [9.17, 15) is 14.4 Å². The summed E-state index contributed by atoms with van der Waals surface area (Å²) in [6, 6.07) is 8.94. The van der Waals surface area contributed by atoms with Crippen molar-refractivity contribution in [1.82, 2.24) is 9.97 Å². The first-order chi connectivity index (χ1) is 14.8. The molecule has 10 heteroatoms. The van der Waals surface area contributed by atoms with Crippen LogP contribution in [0.25, 0.3) is 11.3 Å². The van der Waals surface area contributed by atoms with Gasteiger partial charge in [-0.15, -0.1) is 11.8 Å². The Morgan fingerprint density at radius 3 is 2.19 bits per heavy atom. The first-order valence-electron chi connectivity index (χ1n) is 9.51. The Hall–Kier alpha value is -3.14. The van der Waals surface area contributed by atoms with Gasteiger partial charge in [-0.1, -0.05) is 6.07 Å². The summed E-state index contributed by atoms with van der Waals surface area (Å²) in [6.07, 6.45) is 0.524. The minimum absolute atomic E-state index is 0.282. The van der Waals surface area contributed by atoms with E-state index in [1.54, 1.807) is 24.5 Å². The maximum Gasteiger partial charge on any atom is 0.303 e. The zero-order chi connectivity index (χ0) is 22.4. The Labute approximate surface area is 183 Å². The molecule has 164 valence electrons. The standard InChI is InChI=1S/C21H22N2O7S/c1-12(24)27-17-11-31-21(20(29-14(3)26)19(17)28-13(2)25)30-18-6-4-5-16(23-18)15-7-9-22-10-8-15/h4-10,17,19-21H,11H2,1-3H3/t17-,19+,20-,21-/m1/s1. The monoisotopic (exact) mass is 446 g/mol. The average molecular weight is 446 g/mol. The molecule has 9 nitrogen and oxygen atoms in total. The van der Waals surface area contributed by atoms with E-state index in [1.165, 1.54) is 32.5 Å². The molecule has 2 aromatic heterocycles. The van der Waals surface area contributed by atoms with Crippen molar-refractivity contribution in [3.8, 4) is 17.1 Å². The smallest absolute Gasteiger partial charge is 0.303 e. The number of hydrogen-bond acceptors (Lipinski definition) is 10. The molecule has 0 N–H and O–H groups in total. The predicted octanol–water partition coefficient (Wildman–Crippen LogP) is 2.39. The lowest BCUT2D eigenvalue weighted by Crippen LogP contribution is -2.55. The van der Waals surface area contributed by atoms with Crippen LogP contribution in [0.15, 0.2) is 42.7 Å². The van der Waals surface area contributed by atoms with E-state index in [1.807, 2.05) is 18.2 Å². The number of nitrogens with zero attached hydrogens (tertiary/aromatic N) is 2. The lowest BCUT2D eigenvalue weighted by atomic mass is 10.1. The average Bonchev–Trinajstić information content (AvgIpc) is 2.72. The van der Waals surface area contributed by atoms with Gasteiger partial charge >= 0.3 is 17.9 Å². The van der Waals surface area contributed by atoms with Gasteiger partial charge in [0.1, 0.15) is 0 Å². The van der Waals surface area contributed by atoms with Gasteiger partial charge in [0.15, 0.2) is 23.7 Å². The van der Waals surface area contributed by atoms with Crippen molar-refractivity contribution in [2.24, 2.45) is 0 Å². The molecule has 0 amide bonds. The van der Waals surface area contributed by atoms with Gasteiger partial charge in [0, 0.05) is 50.5 Å². The highest BCUT2D eigenvalue weighted by molar-refractivity contribution is 7.99. The highest BCUT2D eigenvalue weighted by atomic mass is 32.2. The summed E-state index contributed by atoms with van der Waals surface area (Å²) in [5.41, 5.74) is 0.806. The molecule has 0 aromatic carbocycles. The van der Waals surface area contributed by atoms with Crippen LogP contribution < -0.4 is 4.74 Å². The van der Waals surface area contributed by atoms with Crippen LogP contribution in [0.3, 0.4) is 0 Å². The molecule has 1 aliphatic rings. The first-order valence-corrected chi connectivity index (χ1v) is 10.6. The molecule has 3 heterocycles. The van der Waals surface area contributed by atoms with Crippen LogP contribution in [0.1, 0.15) is 20.8 Å². The van der Waals surface area contributed by atoms with Gasteiger partial charge < -0.3 is 18.9 Å². The van der Waals surface area contributed by atoms with E-state index in [0.717, 1.165) is 5.56 Å². The number of carbonyl (C=O) groups is 3. The van der Waals surface area contributed by atoms with E-state index in [-0.39, 0.29) is 5.75 Å². The summed E-state index contributed by atoms with van der Waals surface area (Å²) in [6.45, 7) is 3.73. The van der Waals surface area contributed by atoms with Crippen LogP contribution in [0.2, 0.25) is 0 Å². The summed E-state index contributed by atoms with van der Waals surface area (Å²) in [4.78, 5) is 43.4. The van der Waals surface area contributed by atoms with Crippen molar-refractivity contribution in [2.45, 2.75) is 44.5 Å². The zero-order valence-electron chi connectivity index (χ0n) is 17.2. The van der Waals surface area contributed by atoms with Crippen molar-refractivity contribution in [3.63, 3.8) is 0 Å². The molecule has 31 heavy (non-hydrogen) atoms. The number of thioether (sulfide) groups is 1. The van der Waals surface area contributed by atoms with E-state index in [0.29, 0.717) is 11.6 Å².